The summed E-state index contributed by atoms with van der Waals surface area (Å²) in [5.41, 5.74) is 4.73. The lowest BCUT2D eigenvalue weighted by molar-refractivity contribution is 0.412. The molecule has 102 valence electrons. The molecule has 20 heavy (non-hydrogen) atoms. The van der Waals surface area contributed by atoms with Gasteiger partial charge in [0.1, 0.15) is 17.7 Å². The van der Waals surface area contributed by atoms with Gasteiger partial charge < -0.3 is 9.15 Å². The first-order chi connectivity index (χ1) is 9.60. The van der Waals surface area contributed by atoms with Crippen LogP contribution in [0.15, 0.2) is 28.9 Å². The zero-order chi connectivity index (χ0) is 14.3. The predicted molar refractivity (Wildman–Crippen MR) is 78.0 cm³/mol. The molecular weight excluding hydrogens is 252 g/mol. The molecule has 0 aliphatic heterocycles. The molecule has 0 unspecified atom stereocenters. The number of aryl methyl sites for hydroxylation is 3. The molecule has 3 rings (SSSR count). The van der Waals surface area contributed by atoms with Crippen LogP contribution in [0.25, 0.3) is 22.3 Å². The summed E-state index contributed by atoms with van der Waals surface area (Å²) in [6.45, 7) is 5.92. The van der Waals surface area contributed by atoms with Crippen molar-refractivity contribution in [3.63, 3.8) is 0 Å². The Morgan fingerprint density at radius 3 is 2.50 bits per heavy atom. The first-order valence-electron chi connectivity index (χ1n) is 6.47. The molecule has 0 radical (unpaired) electrons. The number of pyridine rings is 1. The van der Waals surface area contributed by atoms with Crippen molar-refractivity contribution >= 4 is 10.9 Å². The maximum Gasteiger partial charge on any atom is 0.191 e. The SMILES string of the molecule is COc1ccc2c(C)cc(-c3coc(C)n3)nc2c1C. The Morgan fingerprint density at radius 2 is 1.85 bits per heavy atom. The van der Waals surface area contributed by atoms with Gasteiger partial charge >= 0.3 is 0 Å². The lowest BCUT2D eigenvalue weighted by atomic mass is 10.0. The highest BCUT2D eigenvalue weighted by Crippen LogP contribution is 2.30. The molecule has 2 heterocycles. The molecule has 0 saturated heterocycles. The summed E-state index contributed by atoms with van der Waals surface area (Å²) >= 11 is 0. The van der Waals surface area contributed by atoms with E-state index in [1.165, 1.54) is 0 Å². The fourth-order valence-electron chi connectivity index (χ4n) is 2.41. The van der Waals surface area contributed by atoms with Gasteiger partial charge in [0, 0.05) is 17.9 Å². The number of rotatable bonds is 2. The molecule has 0 spiro atoms. The fourth-order valence-corrected chi connectivity index (χ4v) is 2.41. The Balaban J connectivity index is 2.29. The molecule has 0 N–H and O–H groups in total. The minimum atomic E-state index is 0.641. The van der Waals surface area contributed by atoms with Gasteiger partial charge in [-0.05, 0) is 37.6 Å². The summed E-state index contributed by atoms with van der Waals surface area (Å²) in [4.78, 5) is 9.07. The smallest absolute Gasteiger partial charge is 0.191 e. The van der Waals surface area contributed by atoms with Gasteiger partial charge in [0.2, 0.25) is 0 Å². The van der Waals surface area contributed by atoms with Crippen LogP contribution in [-0.2, 0) is 0 Å². The van der Waals surface area contributed by atoms with E-state index in [1.54, 1.807) is 13.4 Å². The zero-order valence-corrected chi connectivity index (χ0v) is 12.0. The molecular formula is C16H16N2O2. The van der Waals surface area contributed by atoms with E-state index in [9.17, 15) is 0 Å². The standard InChI is InChI=1S/C16H16N2O2/c1-9-7-13(14-8-20-11(3)17-14)18-16-10(2)15(19-4)6-5-12(9)16/h5-8H,1-4H3. The average Bonchev–Trinajstić information content (AvgIpc) is 2.86. The van der Waals surface area contributed by atoms with Crippen LogP contribution in [0.3, 0.4) is 0 Å². The minimum absolute atomic E-state index is 0.641. The van der Waals surface area contributed by atoms with Crippen LogP contribution in [0.4, 0.5) is 0 Å². The third-order valence-corrected chi connectivity index (χ3v) is 3.49. The molecule has 0 atom stereocenters. The number of hydrogen-bond acceptors (Lipinski definition) is 4. The Labute approximate surface area is 117 Å². The van der Waals surface area contributed by atoms with E-state index < -0.39 is 0 Å². The van der Waals surface area contributed by atoms with Gasteiger partial charge in [-0.15, -0.1) is 0 Å². The number of methoxy groups -OCH3 is 1. The fraction of sp³-hybridized carbons (Fsp3) is 0.250. The van der Waals surface area contributed by atoms with E-state index in [1.807, 2.05) is 32.0 Å². The molecule has 0 amide bonds. The quantitative estimate of drug-likeness (QED) is 0.708. The molecule has 2 aromatic heterocycles. The number of oxazole rings is 1. The summed E-state index contributed by atoms with van der Waals surface area (Å²) in [6.07, 6.45) is 1.64. The molecule has 0 bridgehead atoms. The molecule has 4 heteroatoms. The largest absolute Gasteiger partial charge is 0.496 e. The Bertz CT molecular complexity index is 791. The highest BCUT2D eigenvalue weighted by atomic mass is 16.5. The summed E-state index contributed by atoms with van der Waals surface area (Å²) in [5, 5.41) is 1.13. The van der Waals surface area contributed by atoms with E-state index in [4.69, 9.17) is 14.1 Å². The van der Waals surface area contributed by atoms with E-state index in [2.05, 4.69) is 11.9 Å². The third-order valence-electron chi connectivity index (χ3n) is 3.49. The topological polar surface area (TPSA) is 48.2 Å². The van der Waals surface area contributed by atoms with Crippen molar-refractivity contribution in [2.75, 3.05) is 7.11 Å². The summed E-state index contributed by atoms with van der Waals surface area (Å²) in [6, 6.07) is 6.05. The van der Waals surface area contributed by atoms with Crippen LogP contribution in [0.2, 0.25) is 0 Å². The van der Waals surface area contributed by atoms with E-state index >= 15 is 0 Å². The van der Waals surface area contributed by atoms with Gasteiger partial charge in [-0.1, -0.05) is 0 Å². The molecule has 1 aromatic carbocycles. The van der Waals surface area contributed by atoms with Crippen LogP contribution < -0.4 is 4.74 Å². The summed E-state index contributed by atoms with van der Waals surface area (Å²) in [5.74, 6) is 1.49. The van der Waals surface area contributed by atoms with Gasteiger partial charge in [-0.2, -0.15) is 0 Å². The van der Waals surface area contributed by atoms with Crippen molar-refractivity contribution in [1.82, 2.24) is 9.97 Å². The molecule has 0 fully saturated rings. The Hall–Kier alpha value is -2.36. The molecule has 4 nitrogen and oxygen atoms in total. The molecule has 3 aromatic rings. The van der Waals surface area contributed by atoms with Crippen molar-refractivity contribution < 1.29 is 9.15 Å². The second kappa shape index (κ2) is 4.63. The highest BCUT2D eigenvalue weighted by Gasteiger charge is 2.12. The molecule has 0 saturated carbocycles. The average molecular weight is 268 g/mol. The second-order valence-electron chi connectivity index (χ2n) is 4.87. The van der Waals surface area contributed by atoms with Crippen LogP contribution in [0, 0.1) is 20.8 Å². The van der Waals surface area contributed by atoms with E-state index in [0.29, 0.717) is 5.89 Å². The van der Waals surface area contributed by atoms with Crippen molar-refractivity contribution in [1.29, 1.82) is 0 Å². The third kappa shape index (κ3) is 1.93. The van der Waals surface area contributed by atoms with Crippen molar-refractivity contribution in [2.24, 2.45) is 0 Å². The van der Waals surface area contributed by atoms with Crippen LogP contribution in [0.1, 0.15) is 17.0 Å². The number of fused-ring (bicyclic) bond motifs is 1. The van der Waals surface area contributed by atoms with Gasteiger partial charge in [0.15, 0.2) is 5.89 Å². The summed E-state index contributed by atoms with van der Waals surface area (Å²) < 4.78 is 10.6. The maximum absolute atomic E-state index is 5.37. The number of nitrogens with zero attached hydrogens (tertiary/aromatic N) is 2. The van der Waals surface area contributed by atoms with Crippen molar-refractivity contribution in [2.45, 2.75) is 20.8 Å². The molecule has 0 aliphatic carbocycles. The van der Waals surface area contributed by atoms with Gasteiger partial charge in [-0.3, -0.25) is 0 Å². The highest BCUT2D eigenvalue weighted by molar-refractivity contribution is 5.88. The Morgan fingerprint density at radius 1 is 1.05 bits per heavy atom. The first-order valence-corrected chi connectivity index (χ1v) is 6.47. The number of hydrogen-bond donors (Lipinski definition) is 0. The maximum atomic E-state index is 5.37. The lowest BCUT2D eigenvalue weighted by Gasteiger charge is -2.10. The zero-order valence-electron chi connectivity index (χ0n) is 12.0. The van der Waals surface area contributed by atoms with Crippen molar-refractivity contribution in [3.8, 4) is 17.1 Å². The predicted octanol–water partition coefficient (Wildman–Crippen LogP) is 3.82. The second-order valence-corrected chi connectivity index (χ2v) is 4.87. The van der Waals surface area contributed by atoms with Crippen LogP contribution >= 0.6 is 0 Å². The monoisotopic (exact) mass is 268 g/mol. The summed E-state index contributed by atoms with van der Waals surface area (Å²) in [7, 11) is 1.67. The van der Waals surface area contributed by atoms with E-state index in [-0.39, 0.29) is 0 Å². The Kier molecular flexibility index (Phi) is 2.93. The number of aromatic nitrogens is 2. The molecule has 0 aliphatic rings. The van der Waals surface area contributed by atoms with Crippen LogP contribution in [0.5, 0.6) is 5.75 Å². The minimum Gasteiger partial charge on any atom is -0.496 e. The lowest BCUT2D eigenvalue weighted by Crippen LogP contribution is -1.94. The van der Waals surface area contributed by atoms with Gasteiger partial charge in [-0.25, -0.2) is 9.97 Å². The number of benzene rings is 1. The van der Waals surface area contributed by atoms with Gasteiger partial charge in [0.25, 0.3) is 0 Å². The van der Waals surface area contributed by atoms with Gasteiger partial charge in [0.05, 0.1) is 18.3 Å². The number of ether oxygens (including phenoxy) is 1. The first kappa shape index (κ1) is 12.7. The van der Waals surface area contributed by atoms with Crippen LogP contribution in [-0.4, -0.2) is 17.1 Å². The van der Waals surface area contributed by atoms with E-state index in [0.717, 1.165) is 39.2 Å². The normalized spacial score (nSPS) is 11.0. The van der Waals surface area contributed by atoms with Crippen molar-refractivity contribution in [3.05, 3.63) is 41.5 Å².